The minimum atomic E-state index is -0.848. The molecular weight excluding hydrogens is 260 g/mol. The van der Waals surface area contributed by atoms with Crippen molar-refractivity contribution in [3.8, 4) is 0 Å². The summed E-state index contributed by atoms with van der Waals surface area (Å²) in [6, 6.07) is -0.290. The van der Waals surface area contributed by atoms with Crippen molar-refractivity contribution in [2.45, 2.75) is 51.0 Å². The molecule has 0 radical (unpaired) electrons. The Balaban J connectivity index is 1.85. The molecule has 1 saturated heterocycles. The molecule has 0 aromatic rings. The molecule has 1 heterocycles. The van der Waals surface area contributed by atoms with Crippen molar-refractivity contribution in [2.24, 2.45) is 5.92 Å². The maximum absolute atomic E-state index is 12.0. The molecule has 2 fully saturated rings. The molecule has 1 aliphatic heterocycles. The summed E-state index contributed by atoms with van der Waals surface area (Å²) in [7, 11) is 0. The van der Waals surface area contributed by atoms with Crippen molar-refractivity contribution in [3.05, 3.63) is 0 Å². The molecule has 2 rings (SSSR count). The number of carbonyl (C=O) groups excluding carboxylic acids is 2. The molecule has 1 aliphatic carbocycles. The highest BCUT2D eigenvalue weighted by atomic mass is 16.4. The van der Waals surface area contributed by atoms with E-state index < -0.39 is 11.9 Å². The van der Waals surface area contributed by atoms with Crippen LogP contribution in [-0.4, -0.2) is 46.9 Å². The zero-order valence-corrected chi connectivity index (χ0v) is 11.6. The van der Waals surface area contributed by atoms with Gasteiger partial charge < -0.3 is 15.3 Å². The minimum absolute atomic E-state index is 0.0267. The molecule has 2 amide bonds. The van der Waals surface area contributed by atoms with E-state index in [2.05, 4.69) is 5.32 Å². The highest BCUT2D eigenvalue weighted by Crippen LogP contribution is 2.25. The van der Waals surface area contributed by atoms with Gasteiger partial charge in [0.1, 0.15) is 0 Å². The van der Waals surface area contributed by atoms with Gasteiger partial charge in [-0.2, -0.15) is 0 Å². The maximum atomic E-state index is 12.0. The topological polar surface area (TPSA) is 86.7 Å². The third kappa shape index (κ3) is 3.71. The van der Waals surface area contributed by atoms with E-state index in [0.717, 1.165) is 25.7 Å². The largest absolute Gasteiger partial charge is 0.481 e. The minimum Gasteiger partial charge on any atom is -0.481 e. The number of aliphatic carboxylic acids is 1. The summed E-state index contributed by atoms with van der Waals surface area (Å²) >= 11 is 0. The number of amides is 2. The smallest absolute Gasteiger partial charge is 0.308 e. The van der Waals surface area contributed by atoms with Gasteiger partial charge in [-0.05, 0) is 25.7 Å². The van der Waals surface area contributed by atoms with E-state index in [9.17, 15) is 14.4 Å². The normalized spacial score (nSPS) is 27.2. The number of nitrogens with one attached hydrogen (secondary N) is 1. The number of hydrogen-bond acceptors (Lipinski definition) is 3. The standard InChI is InChI=1S/C14H22N2O4/c17-12(9-16-8-3-1-2-7-13(16)18)15-11-6-4-5-10(11)14(19)20/h10-11H,1-9H2,(H,15,17)(H,19,20). The lowest BCUT2D eigenvalue weighted by Crippen LogP contribution is -2.46. The lowest BCUT2D eigenvalue weighted by molar-refractivity contribution is -0.143. The van der Waals surface area contributed by atoms with Gasteiger partial charge in [0.15, 0.2) is 0 Å². The summed E-state index contributed by atoms with van der Waals surface area (Å²) in [5, 5.41) is 11.9. The first-order valence-corrected chi connectivity index (χ1v) is 7.38. The average Bonchev–Trinajstić information content (AvgIpc) is 2.75. The van der Waals surface area contributed by atoms with E-state index in [1.165, 1.54) is 0 Å². The molecule has 2 atom stereocenters. The Hall–Kier alpha value is -1.59. The molecule has 2 aliphatic rings. The van der Waals surface area contributed by atoms with Gasteiger partial charge in [0.05, 0.1) is 12.5 Å². The maximum Gasteiger partial charge on any atom is 0.308 e. The second-order valence-corrected chi connectivity index (χ2v) is 5.68. The van der Waals surface area contributed by atoms with Gasteiger partial charge in [-0.3, -0.25) is 14.4 Å². The first-order valence-electron chi connectivity index (χ1n) is 7.38. The van der Waals surface area contributed by atoms with Gasteiger partial charge in [-0.25, -0.2) is 0 Å². The number of rotatable bonds is 4. The summed E-state index contributed by atoms with van der Waals surface area (Å²) in [5.41, 5.74) is 0. The lowest BCUT2D eigenvalue weighted by Gasteiger charge is -2.23. The van der Waals surface area contributed by atoms with Crippen molar-refractivity contribution >= 4 is 17.8 Å². The Labute approximate surface area is 118 Å². The van der Waals surface area contributed by atoms with E-state index in [1.54, 1.807) is 4.90 Å². The van der Waals surface area contributed by atoms with Gasteiger partial charge >= 0.3 is 5.97 Å². The predicted molar refractivity (Wildman–Crippen MR) is 72.0 cm³/mol. The number of hydrogen-bond donors (Lipinski definition) is 2. The quantitative estimate of drug-likeness (QED) is 0.797. The van der Waals surface area contributed by atoms with Crippen LogP contribution < -0.4 is 5.32 Å². The SMILES string of the molecule is O=C(CN1CCCCCC1=O)NC1CCCC1C(=O)O. The highest BCUT2D eigenvalue weighted by Gasteiger charge is 2.34. The number of likely N-dealkylation sites (tertiary alicyclic amines) is 1. The summed E-state index contributed by atoms with van der Waals surface area (Å²) in [6.45, 7) is 0.681. The Morgan fingerprint density at radius 2 is 2.00 bits per heavy atom. The fourth-order valence-electron chi connectivity index (χ4n) is 3.06. The van der Waals surface area contributed by atoms with Crippen LogP contribution in [0.15, 0.2) is 0 Å². The van der Waals surface area contributed by atoms with Crippen LogP contribution in [0.5, 0.6) is 0 Å². The van der Waals surface area contributed by atoms with E-state index in [1.807, 2.05) is 0 Å². The molecule has 112 valence electrons. The number of nitrogens with zero attached hydrogens (tertiary/aromatic N) is 1. The third-order valence-electron chi connectivity index (χ3n) is 4.19. The molecule has 2 N–H and O–H groups in total. The van der Waals surface area contributed by atoms with Crippen molar-refractivity contribution < 1.29 is 19.5 Å². The Morgan fingerprint density at radius 1 is 1.20 bits per heavy atom. The van der Waals surface area contributed by atoms with Gasteiger partial charge in [0, 0.05) is 19.0 Å². The predicted octanol–water partition coefficient (Wildman–Crippen LogP) is 0.758. The van der Waals surface area contributed by atoms with E-state index in [0.29, 0.717) is 25.8 Å². The second-order valence-electron chi connectivity index (χ2n) is 5.68. The number of carbonyl (C=O) groups is 3. The summed E-state index contributed by atoms with van der Waals surface area (Å²) in [5.74, 6) is -1.55. The fourth-order valence-corrected chi connectivity index (χ4v) is 3.06. The number of carboxylic acid groups (broad SMARTS) is 1. The Bertz CT molecular complexity index is 397. The van der Waals surface area contributed by atoms with Crippen LogP contribution in [0.25, 0.3) is 0 Å². The van der Waals surface area contributed by atoms with Gasteiger partial charge in [-0.1, -0.05) is 12.8 Å². The molecule has 6 heteroatoms. The van der Waals surface area contributed by atoms with Crippen molar-refractivity contribution in [1.29, 1.82) is 0 Å². The summed E-state index contributed by atoms with van der Waals surface area (Å²) in [4.78, 5) is 36.5. The van der Waals surface area contributed by atoms with Crippen molar-refractivity contribution in [2.75, 3.05) is 13.1 Å². The molecule has 0 bridgehead atoms. The van der Waals surface area contributed by atoms with Crippen LogP contribution in [0.1, 0.15) is 44.9 Å². The first kappa shape index (κ1) is 14.8. The van der Waals surface area contributed by atoms with Crippen LogP contribution in [0.2, 0.25) is 0 Å². The molecule has 1 saturated carbocycles. The summed E-state index contributed by atoms with van der Waals surface area (Å²) < 4.78 is 0. The Kier molecular flexibility index (Phi) is 4.98. The molecule has 0 aromatic heterocycles. The van der Waals surface area contributed by atoms with Crippen LogP contribution in [0.3, 0.4) is 0 Å². The van der Waals surface area contributed by atoms with E-state index in [4.69, 9.17) is 5.11 Å². The zero-order chi connectivity index (χ0) is 14.5. The summed E-state index contributed by atoms with van der Waals surface area (Å²) in [6.07, 6.45) is 5.49. The average molecular weight is 282 g/mol. The van der Waals surface area contributed by atoms with E-state index in [-0.39, 0.29) is 24.4 Å². The van der Waals surface area contributed by atoms with Crippen molar-refractivity contribution in [3.63, 3.8) is 0 Å². The highest BCUT2D eigenvalue weighted by molar-refractivity contribution is 5.85. The molecule has 0 spiro atoms. The first-order chi connectivity index (χ1) is 9.58. The molecule has 2 unspecified atom stereocenters. The van der Waals surface area contributed by atoms with Gasteiger partial charge in [-0.15, -0.1) is 0 Å². The third-order valence-corrected chi connectivity index (χ3v) is 4.19. The molecule has 0 aromatic carbocycles. The lowest BCUT2D eigenvalue weighted by atomic mass is 10.0. The van der Waals surface area contributed by atoms with Crippen LogP contribution >= 0.6 is 0 Å². The molecule has 20 heavy (non-hydrogen) atoms. The second kappa shape index (κ2) is 6.72. The van der Waals surface area contributed by atoms with Gasteiger partial charge in [0.2, 0.25) is 11.8 Å². The van der Waals surface area contributed by atoms with Crippen LogP contribution in [0, 0.1) is 5.92 Å². The Morgan fingerprint density at radius 3 is 2.75 bits per heavy atom. The van der Waals surface area contributed by atoms with Crippen molar-refractivity contribution in [1.82, 2.24) is 10.2 Å². The fraction of sp³-hybridized carbons (Fsp3) is 0.786. The molecule has 6 nitrogen and oxygen atoms in total. The molecular formula is C14H22N2O4. The van der Waals surface area contributed by atoms with Crippen LogP contribution in [-0.2, 0) is 14.4 Å². The zero-order valence-electron chi connectivity index (χ0n) is 11.6. The monoisotopic (exact) mass is 282 g/mol. The van der Waals surface area contributed by atoms with E-state index >= 15 is 0 Å². The van der Waals surface area contributed by atoms with Crippen LogP contribution in [0.4, 0.5) is 0 Å². The number of carboxylic acids is 1. The van der Waals surface area contributed by atoms with Gasteiger partial charge in [0.25, 0.3) is 0 Å².